The van der Waals surface area contributed by atoms with Crippen LogP contribution in [0.4, 0.5) is 0 Å². The first-order valence-electron chi connectivity index (χ1n) is 2.98. The molecular formula is C8H8ClN. The van der Waals surface area contributed by atoms with E-state index < -0.39 is 0 Å². The van der Waals surface area contributed by atoms with Gasteiger partial charge < -0.3 is 0 Å². The van der Waals surface area contributed by atoms with Crippen LogP contribution < -0.4 is 0 Å². The lowest BCUT2D eigenvalue weighted by molar-refractivity contribution is 1.26. The molecule has 1 aromatic rings. The summed E-state index contributed by atoms with van der Waals surface area (Å²) in [5.74, 6) is 0. The quantitative estimate of drug-likeness (QED) is 0.566. The number of hydrogen-bond donors (Lipinski definition) is 0. The predicted octanol–water partition coefficient (Wildman–Crippen LogP) is 2.69. The van der Waals surface area contributed by atoms with Crippen LogP contribution in [0.25, 0.3) is 6.08 Å². The number of aryl methyl sites for hydroxylation is 1. The summed E-state index contributed by atoms with van der Waals surface area (Å²) < 4.78 is 0. The number of halogens is 1. The Kier molecular flexibility index (Phi) is 2.07. The Morgan fingerprint density at radius 2 is 2.40 bits per heavy atom. The lowest BCUT2D eigenvalue weighted by Gasteiger charge is -1.96. The molecule has 0 aliphatic heterocycles. The largest absolute Gasteiger partial charge is 0.244 e. The third kappa shape index (κ3) is 1.36. The molecule has 0 aromatic carbocycles. The predicted molar refractivity (Wildman–Crippen MR) is 44.1 cm³/mol. The van der Waals surface area contributed by atoms with Crippen LogP contribution >= 0.6 is 11.6 Å². The summed E-state index contributed by atoms with van der Waals surface area (Å²) in [6.07, 6.45) is 3.43. The summed E-state index contributed by atoms with van der Waals surface area (Å²) >= 11 is 5.71. The van der Waals surface area contributed by atoms with E-state index in [1.165, 1.54) is 0 Å². The van der Waals surface area contributed by atoms with E-state index in [1.807, 2.05) is 13.0 Å². The summed E-state index contributed by atoms with van der Waals surface area (Å²) in [5, 5.41) is 0.514. The number of pyridine rings is 1. The van der Waals surface area contributed by atoms with E-state index in [2.05, 4.69) is 11.6 Å². The summed E-state index contributed by atoms with van der Waals surface area (Å²) in [6, 6.07) is 1.95. The standard InChI is InChI=1S/C8H8ClN/c1-3-7-4-6(2)5-10-8(7)9/h3-5H,1H2,2H3. The zero-order chi connectivity index (χ0) is 7.56. The van der Waals surface area contributed by atoms with Crippen molar-refractivity contribution in [3.05, 3.63) is 35.1 Å². The molecule has 0 bridgehead atoms. The van der Waals surface area contributed by atoms with Gasteiger partial charge in [-0.2, -0.15) is 0 Å². The van der Waals surface area contributed by atoms with Crippen molar-refractivity contribution >= 4 is 17.7 Å². The number of hydrogen-bond acceptors (Lipinski definition) is 1. The summed E-state index contributed by atoms with van der Waals surface area (Å²) in [7, 11) is 0. The summed E-state index contributed by atoms with van der Waals surface area (Å²) in [6.45, 7) is 5.58. The van der Waals surface area contributed by atoms with Gasteiger partial charge in [0.05, 0.1) is 0 Å². The van der Waals surface area contributed by atoms with Crippen LogP contribution in [0, 0.1) is 6.92 Å². The lowest BCUT2D eigenvalue weighted by atomic mass is 10.2. The van der Waals surface area contributed by atoms with Gasteiger partial charge in [-0.3, -0.25) is 0 Å². The van der Waals surface area contributed by atoms with Crippen molar-refractivity contribution in [2.24, 2.45) is 0 Å². The Balaban J connectivity index is 3.21. The fourth-order valence-corrected chi connectivity index (χ4v) is 0.899. The zero-order valence-corrected chi connectivity index (χ0v) is 6.52. The molecule has 10 heavy (non-hydrogen) atoms. The van der Waals surface area contributed by atoms with Gasteiger partial charge in [0.2, 0.25) is 0 Å². The van der Waals surface area contributed by atoms with Crippen LogP contribution in [-0.2, 0) is 0 Å². The molecule has 1 heterocycles. The van der Waals surface area contributed by atoms with Gasteiger partial charge in [-0.15, -0.1) is 0 Å². The molecule has 0 spiro atoms. The molecular weight excluding hydrogens is 146 g/mol. The highest BCUT2D eigenvalue weighted by Crippen LogP contribution is 2.14. The molecule has 0 aliphatic carbocycles. The first kappa shape index (κ1) is 7.29. The second kappa shape index (κ2) is 2.84. The maximum absolute atomic E-state index is 5.71. The fourth-order valence-electron chi connectivity index (χ4n) is 0.718. The lowest BCUT2D eigenvalue weighted by Crippen LogP contribution is -1.81. The molecule has 1 rings (SSSR count). The van der Waals surface area contributed by atoms with Gasteiger partial charge in [-0.1, -0.05) is 24.3 Å². The van der Waals surface area contributed by atoms with Gasteiger partial charge in [0.25, 0.3) is 0 Å². The van der Waals surface area contributed by atoms with Crippen molar-refractivity contribution in [2.45, 2.75) is 6.92 Å². The zero-order valence-electron chi connectivity index (χ0n) is 5.76. The van der Waals surface area contributed by atoms with Crippen molar-refractivity contribution < 1.29 is 0 Å². The van der Waals surface area contributed by atoms with Crippen LogP contribution in [0.1, 0.15) is 11.1 Å². The van der Waals surface area contributed by atoms with Gasteiger partial charge in [0, 0.05) is 11.8 Å². The van der Waals surface area contributed by atoms with Gasteiger partial charge in [-0.25, -0.2) is 4.98 Å². The molecule has 0 N–H and O–H groups in total. The van der Waals surface area contributed by atoms with E-state index in [0.717, 1.165) is 11.1 Å². The molecule has 1 nitrogen and oxygen atoms in total. The first-order chi connectivity index (χ1) is 4.74. The van der Waals surface area contributed by atoms with E-state index in [4.69, 9.17) is 11.6 Å². The third-order valence-electron chi connectivity index (χ3n) is 1.22. The smallest absolute Gasteiger partial charge is 0.136 e. The number of rotatable bonds is 1. The van der Waals surface area contributed by atoms with Crippen LogP contribution in [0.3, 0.4) is 0 Å². The van der Waals surface area contributed by atoms with Gasteiger partial charge in [0.15, 0.2) is 0 Å². The highest BCUT2D eigenvalue weighted by Gasteiger charge is 1.95. The Hall–Kier alpha value is -0.820. The molecule has 2 heteroatoms. The highest BCUT2D eigenvalue weighted by atomic mass is 35.5. The van der Waals surface area contributed by atoms with Gasteiger partial charge >= 0.3 is 0 Å². The summed E-state index contributed by atoms with van der Waals surface area (Å²) in [4.78, 5) is 3.94. The van der Waals surface area contributed by atoms with Crippen molar-refractivity contribution in [3.63, 3.8) is 0 Å². The molecule has 0 aliphatic rings. The van der Waals surface area contributed by atoms with Crippen LogP contribution in [0.15, 0.2) is 18.8 Å². The van der Waals surface area contributed by atoms with Crippen molar-refractivity contribution in [2.75, 3.05) is 0 Å². The second-order valence-corrected chi connectivity index (χ2v) is 2.45. The SMILES string of the molecule is C=Cc1cc(C)cnc1Cl. The molecule has 1 aromatic heterocycles. The number of nitrogens with zero attached hydrogens (tertiary/aromatic N) is 1. The van der Waals surface area contributed by atoms with E-state index in [-0.39, 0.29) is 0 Å². The van der Waals surface area contributed by atoms with Crippen molar-refractivity contribution in [3.8, 4) is 0 Å². The van der Waals surface area contributed by atoms with E-state index in [0.29, 0.717) is 5.15 Å². The molecule has 0 unspecified atom stereocenters. The molecule has 0 radical (unpaired) electrons. The fraction of sp³-hybridized carbons (Fsp3) is 0.125. The maximum atomic E-state index is 5.71. The van der Waals surface area contributed by atoms with E-state index in [1.54, 1.807) is 12.3 Å². The first-order valence-corrected chi connectivity index (χ1v) is 3.36. The minimum Gasteiger partial charge on any atom is -0.244 e. The second-order valence-electron chi connectivity index (χ2n) is 2.10. The Morgan fingerprint density at radius 1 is 1.70 bits per heavy atom. The topological polar surface area (TPSA) is 12.9 Å². The molecule has 0 saturated heterocycles. The van der Waals surface area contributed by atoms with Gasteiger partial charge in [0.1, 0.15) is 5.15 Å². The molecule has 0 amide bonds. The average Bonchev–Trinajstić information content (AvgIpc) is 1.94. The van der Waals surface area contributed by atoms with Crippen LogP contribution in [0.5, 0.6) is 0 Å². The maximum Gasteiger partial charge on any atom is 0.136 e. The minimum absolute atomic E-state index is 0.514. The molecule has 52 valence electrons. The average molecular weight is 154 g/mol. The van der Waals surface area contributed by atoms with E-state index >= 15 is 0 Å². The molecule has 0 fully saturated rings. The van der Waals surface area contributed by atoms with E-state index in [9.17, 15) is 0 Å². The van der Waals surface area contributed by atoms with Crippen molar-refractivity contribution in [1.29, 1.82) is 0 Å². The van der Waals surface area contributed by atoms with Gasteiger partial charge in [-0.05, 0) is 18.6 Å². The number of aromatic nitrogens is 1. The molecule has 0 atom stereocenters. The highest BCUT2D eigenvalue weighted by molar-refractivity contribution is 6.30. The minimum atomic E-state index is 0.514. The van der Waals surface area contributed by atoms with Crippen LogP contribution in [-0.4, -0.2) is 4.98 Å². The molecule has 0 saturated carbocycles. The Labute approximate surface area is 65.4 Å². The summed E-state index contributed by atoms with van der Waals surface area (Å²) in [5.41, 5.74) is 1.99. The Morgan fingerprint density at radius 3 is 2.90 bits per heavy atom. The third-order valence-corrected chi connectivity index (χ3v) is 1.54. The van der Waals surface area contributed by atoms with Crippen LogP contribution in [0.2, 0.25) is 5.15 Å². The monoisotopic (exact) mass is 153 g/mol. The Bertz CT molecular complexity index is 255. The van der Waals surface area contributed by atoms with Crippen molar-refractivity contribution in [1.82, 2.24) is 4.98 Å². The normalized spacial score (nSPS) is 9.40.